The van der Waals surface area contributed by atoms with Crippen LogP contribution < -0.4 is 5.73 Å². The highest BCUT2D eigenvalue weighted by Crippen LogP contribution is 2.26. The molecule has 0 aliphatic heterocycles. The SMILES string of the molecule is N[C@H](c1ccsc1)c1cc(Cl)ccc1F. The molecule has 1 aromatic carbocycles. The van der Waals surface area contributed by atoms with E-state index in [0.717, 1.165) is 5.56 Å². The summed E-state index contributed by atoms with van der Waals surface area (Å²) in [5, 5.41) is 4.32. The Morgan fingerprint density at radius 2 is 2.13 bits per heavy atom. The lowest BCUT2D eigenvalue weighted by Gasteiger charge is -2.11. The topological polar surface area (TPSA) is 26.0 Å². The van der Waals surface area contributed by atoms with Gasteiger partial charge in [-0.25, -0.2) is 4.39 Å². The molecule has 0 saturated heterocycles. The number of halogens is 2. The van der Waals surface area contributed by atoms with Gasteiger partial charge >= 0.3 is 0 Å². The molecule has 0 aliphatic carbocycles. The average molecular weight is 242 g/mol. The highest BCUT2D eigenvalue weighted by molar-refractivity contribution is 7.08. The molecule has 0 unspecified atom stereocenters. The Morgan fingerprint density at radius 1 is 1.33 bits per heavy atom. The van der Waals surface area contributed by atoms with Gasteiger partial charge in [-0.3, -0.25) is 0 Å². The number of nitrogens with two attached hydrogens (primary N) is 1. The van der Waals surface area contributed by atoms with Crippen molar-refractivity contribution in [3.63, 3.8) is 0 Å². The molecule has 2 rings (SSSR count). The molecule has 4 heteroatoms. The molecule has 1 nitrogen and oxygen atoms in total. The predicted molar refractivity (Wildman–Crippen MR) is 61.8 cm³/mol. The molecular formula is C11H9ClFNS. The fourth-order valence-corrected chi connectivity index (χ4v) is 2.26. The maximum absolute atomic E-state index is 13.5. The molecule has 0 aliphatic rings. The van der Waals surface area contributed by atoms with E-state index in [-0.39, 0.29) is 5.82 Å². The normalized spacial score (nSPS) is 12.7. The fraction of sp³-hybridized carbons (Fsp3) is 0.0909. The highest BCUT2D eigenvalue weighted by atomic mass is 35.5. The van der Waals surface area contributed by atoms with Crippen molar-refractivity contribution in [2.24, 2.45) is 5.73 Å². The molecule has 0 spiro atoms. The van der Waals surface area contributed by atoms with Crippen LogP contribution in [0, 0.1) is 5.82 Å². The van der Waals surface area contributed by atoms with E-state index in [1.165, 1.54) is 23.5 Å². The third-order valence-corrected chi connectivity index (χ3v) is 3.13. The summed E-state index contributed by atoms with van der Waals surface area (Å²) in [5.41, 5.74) is 7.27. The Kier molecular flexibility index (Phi) is 3.05. The van der Waals surface area contributed by atoms with Crippen LogP contribution in [0.15, 0.2) is 35.0 Å². The Labute approximate surface area is 96.3 Å². The molecule has 1 heterocycles. The first kappa shape index (κ1) is 10.6. The third-order valence-electron chi connectivity index (χ3n) is 2.20. The molecule has 1 atom stereocenters. The largest absolute Gasteiger partial charge is 0.320 e. The summed E-state index contributed by atoms with van der Waals surface area (Å²) >= 11 is 7.34. The molecule has 2 N–H and O–H groups in total. The minimum Gasteiger partial charge on any atom is -0.320 e. The second-order valence-electron chi connectivity index (χ2n) is 3.20. The zero-order valence-corrected chi connectivity index (χ0v) is 9.36. The summed E-state index contributed by atoms with van der Waals surface area (Å²) in [4.78, 5) is 0. The lowest BCUT2D eigenvalue weighted by atomic mass is 10.0. The van der Waals surface area contributed by atoms with Crippen molar-refractivity contribution in [3.8, 4) is 0 Å². The van der Waals surface area contributed by atoms with Gasteiger partial charge < -0.3 is 5.73 Å². The average Bonchev–Trinajstić information content (AvgIpc) is 2.74. The van der Waals surface area contributed by atoms with Crippen LogP contribution in [0.1, 0.15) is 17.2 Å². The number of hydrogen-bond acceptors (Lipinski definition) is 2. The first-order chi connectivity index (χ1) is 7.18. The van der Waals surface area contributed by atoms with Gasteiger partial charge in [0, 0.05) is 10.6 Å². The Bertz CT molecular complexity index is 456. The highest BCUT2D eigenvalue weighted by Gasteiger charge is 2.14. The first-order valence-electron chi connectivity index (χ1n) is 4.41. The molecule has 0 amide bonds. The van der Waals surface area contributed by atoms with E-state index < -0.39 is 6.04 Å². The number of thiophene rings is 1. The zero-order chi connectivity index (χ0) is 10.8. The molecular weight excluding hydrogens is 233 g/mol. The third kappa shape index (κ3) is 2.20. The summed E-state index contributed by atoms with van der Waals surface area (Å²) in [6, 6.07) is 5.86. The predicted octanol–water partition coefficient (Wildman–Crippen LogP) is 3.59. The summed E-state index contributed by atoms with van der Waals surface area (Å²) in [6.45, 7) is 0. The van der Waals surface area contributed by atoms with Crippen LogP contribution in [0.2, 0.25) is 5.02 Å². The summed E-state index contributed by atoms with van der Waals surface area (Å²) in [7, 11) is 0. The maximum atomic E-state index is 13.5. The van der Waals surface area contributed by atoms with Crippen LogP contribution >= 0.6 is 22.9 Å². The van der Waals surface area contributed by atoms with E-state index in [4.69, 9.17) is 17.3 Å². The van der Waals surface area contributed by atoms with E-state index in [0.29, 0.717) is 10.6 Å². The summed E-state index contributed by atoms with van der Waals surface area (Å²) < 4.78 is 13.5. The molecule has 78 valence electrons. The van der Waals surface area contributed by atoms with Crippen molar-refractivity contribution in [1.29, 1.82) is 0 Å². The number of benzene rings is 1. The van der Waals surface area contributed by atoms with Crippen molar-refractivity contribution in [2.75, 3.05) is 0 Å². The van der Waals surface area contributed by atoms with Gasteiger partial charge in [-0.1, -0.05) is 11.6 Å². The van der Waals surface area contributed by atoms with Gasteiger partial charge in [-0.2, -0.15) is 11.3 Å². The van der Waals surface area contributed by atoms with Gasteiger partial charge in [0.05, 0.1) is 6.04 Å². The molecule has 15 heavy (non-hydrogen) atoms. The quantitative estimate of drug-likeness (QED) is 0.855. The second kappa shape index (κ2) is 4.31. The summed E-state index contributed by atoms with van der Waals surface area (Å²) in [5.74, 6) is -0.321. The fourth-order valence-electron chi connectivity index (χ4n) is 1.38. The smallest absolute Gasteiger partial charge is 0.128 e. The number of rotatable bonds is 2. The molecule has 2 aromatic rings. The van der Waals surface area contributed by atoms with E-state index >= 15 is 0 Å². The number of hydrogen-bond donors (Lipinski definition) is 1. The van der Waals surface area contributed by atoms with Gasteiger partial charge in [0.25, 0.3) is 0 Å². The molecule has 0 fully saturated rings. The molecule has 1 aromatic heterocycles. The Hall–Kier alpha value is -0.900. The Balaban J connectivity index is 2.41. The van der Waals surface area contributed by atoms with Crippen molar-refractivity contribution in [3.05, 3.63) is 57.0 Å². The second-order valence-corrected chi connectivity index (χ2v) is 4.42. The van der Waals surface area contributed by atoms with Crippen molar-refractivity contribution in [1.82, 2.24) is 0 Å². The van der Waals surface area contributed by atoms with Gasteiger partial charge in [0.2, 0.25) is 0 Å². The van der Waals surface area contributed by atoms with Gasteiger partial charge in [-0.15, -0.1) is 0 Å². The molecule has 0 bridgehead atoms. The van der Waals surface area contributed by atoms with Gasteiger partial charge in [-0.05, 0) is 40.6 Å². The van der Waals surface area contributed by atoms with Gasteiger partial charge in [0.1, 0.15) is 5.82 Å². The monoisotopic (exact) mass is 241 g/mol. The van der Waals surface area contributed by atoms with E-state index in [9.17, 15) is 4.39 Å². The molecule has 0 saturated carbocycles. The maximum Gasteiger partial charge on any atom is 0.128 e. The van der Waals surface area contributed by atoms with Gasteiger partial charge in [0.15, 0.2) is 0 Å². The van der Waals surface area contributed by atoms with Crippen LogP contribution in [0.5, 0.6) is 0 Å². The van der Waals surface area contributed by atoms with E-state index in [2.05, 4.69) is 0 Å². The summed E-state index contributed by atoms with van der Waals surface area (Å²) in [6.07, 6.45) is 0. The van der Waals surface area contributed by atoms with Crippen molar-refractivity contribution < 1.29 is 4.39 Å². The van der Waals surface area contributed by atoms with E-state index in [1.807, 2.05) is 16.8 Å². The first-order valence-corrected chi connectivity index (χ1v) is 5.73. The van der Waals surface area contributed by atoms with Crippen molar-refractivity contribution in [2.45, 2.75) is 6.04 Å². The van der Waals surface area contributed by atoms with Crippen LogP contribution in [-0.4, -0.2) is 0 Å². The van der Waals surface area contributed by atoms with E-state index in [1.54, 1.807) is 6.07 Å². The lowest BCUT2D eigenvalue weighted by Crippen LogP contribution is -2.12. The van der Waals surface area contributed by atoms with Crippen LogP contribution in [0.4, 0.5) is 4.39 Å². The Morgan fingerprint density at radius 3 is 2.80 bits per heavy atom. The van der Waals surface area contributed by atoms with Crippen LogP contribution in [-0.2, 0) is 0 Å². The zero-order valence-electron chi connectivity index (χ0n) is 7.78. The standard InChI is InChI=1S/C11H9ClFNS/c12-8-1-2-10(13)9(5-8)11(14)7-3-4-15-6-7/h1-6,11H,14H2/t11-/m1/s1. The van der Waals surface area contributed by atoms with Crippen molar-refractivity contribution >= 4 is 22.9 Å². The minimum absolute atomic E-state index is 0.321. The van der Waals surface area contributed by atoms with Crippen LogP contribution in [0.25, 0.3) is 0 Å². The minimum atomic E-state index is -0.449. The lowest BCUT2D eigenvalue weighted by molar-refractivity contribution is 0.600. The van der Waals surface area contributed by atoms with Crippen LogP contribution in [0.3, 0.4) is 0 Å². The molecule has 0 radical (unpaired) electrons.